The first-order valence-electron chi connectivity index (χ1n) is 13.1. The van der Waals surface area contributed by atoms with Gasteiger partial charge in [-0.1, -0.05) is 43.3 Å². The van der Waals surface area contributed by atoms with Crippen molar-refractivity contribution >= 4 is 11.6 Å². The normalized spacial score (nSPS) is 25.7. The Morgan fingerprint density at radius 3 is 2.71 bits per heavy atom. The number of fused-ring (bicyclic) bond motifs is 3. The lowest BCUT2D eigenvalue weighted by atomic mass is 9.55. The summed E-state index contributed by atoms with van der Waals surface area (Å²) in [6.45, 7) is 4.02. The van der Waals surface area contributed by atoms with E-state index >= 15 is 0 Å². The summed E-state index contributed by atoms with van der Waals surface area (Å²) in [5.74, 6) is 0.339. The minimum absolute atomic E-state index is 0.0104. The van der Waals surface area contributed by atoms with Gasteiger partial charge in [0.05, 0.1) is 17.0 Å². The van der Waals surface area contributed by atoms with Gasteiger partial charge >= 0.3 is 0 Å². The predicted molar refractivity (Wildman–Crippen MR) is 141 cm³/mol. The number of aryl methyl sites for hydroxylation is 2. The third-order valence-corrected chi connectivity index (χ3v) is 8.62. The van der Waals surface area contributed by atoms with Crippen LogP contribution in [0.2, 0.25) is 0 Å². The zero-order chi connectivity index (χ0) is 24.5. The second-order valence-corrected chi connectivity index (χ2v) is 10.7. The number of amides is 1. The molecule has 2 aromatic carbocycles. The highest BCUT2D eigenvalue weighted by atomic mass is 16.3. The van der Waals surface area contributed by atoms with Crippen LogP contribution in [0.5, 0.6) is 0 Å². The van der Waals surface area contributed by atoms with Crippen LogP contribution in [0.15, 0.2) is 66.9 Å². The highest BCUT2D eigenvalue weighted by molar-refractivity contribution is 6.04. The molecule has 0 saturated heterocycles. The van der Waals surface area contributed by atoms with Crippen LogP contribution in [0.25, 0.3) is 0 Å². The van der Waals surface area contributed by atoms with Crippen molar-refractivity contribution in [2.75, 3.05) is 5.32 Å². The highest BCUT2D eigenvalue weighted by Gasteiger charge is 2.50. The van der Waals surface area contributed by atoms with Crippen LogP contribution in [0.1, 0.15) is 78.2 Å². The molecule has 3 aromatic rings. The molecule has 0 spiro atoms. The van der Waals surface area contributed by atoms with E-state index in [-0.39, 0.29) is 11.3 Å². The number of aromatic nitrogens is 1. The Balaban J connectivity index is 1.52. The van der Waals surface area contributed by atoms with Gasteiger partial charge in [0.25, 0.3) is 5.91 Å². The highest BCUT2D eigenvalue weighted by Crippen LogP contribution is 2.54. The van der Waals surface area contributed by atoms with Gasteiger partial charge in [0.2, 0.25) is 0 Å². The van der Waals surface area contributed by atoms with E-state index in [1.54, 1.807) is 6.20 Å². The van der Waals surface area contributed by atoms with E-state index in [9.17, 15) is 9.90 Å². The summed E-state index contributed by atoms with van der Waals surface area (Å²) in [5.41, 5.74) is 5.71. The Bertz CT molecular complexity index is 1210. The van der Waals surface area contributed by atoms with Crippen LogP contribution in [0.3, 0.4) is 0 Å². The molecule has 3 atom stereocenters. The molecule has 2 N–H and O–H groups in total. The van der Waals surface area contributed by atoms with Gasteiger partial charge in [0.1, 0.15) is 0 Å². The summed E-state index contributed by atoms with van der Waals surface area (Å²) in [5, 5.41) is 14.3. The quantitative estimate of drug-likeness (QED) is 0.455. The molecule has 0 unspecified atom stereocenters. The van der Waals surface area contributed by atoms with E-state index in [2.05, 4.69) is 59.7 Å². The van der Waals surface area contributed by atoms with Gasteiger partial charge in [0, 0.05) is 17.2 Å². The second kappa shape index (κ2) is 9.58. The van der Waals surface area contributed by atoms with Crippen molar-refractivity contribution in [2.45, 2.75) is 76.2 Å². The molecule has 5 rings (SSSR count). The minimum Gasteiger partial charge on any atom is -0.390 e. The zero-order valence-corrected chi connectivity index (χ0v) is 20.9. The van der Waals surface area contributed by atoms with Crippen molar-refractivity contribution in [3.63, 3.8) is 0 Å². The summed E-state index contributed by atoms with van der Waals surface area (Å²) in [6, 6.07) is 20.8. The number of pyridine rings is 1. The molecule has 0 bridgehead atoms. The first-order chi connectivity index (χ1) is 16.9. The SMILES string of the molecule is CC[C@@]1(O)CC[C@]2(Cc3ccccc3)c3ccc(C(=O)Nc4cccnc4C)cc3CCC[C@@H]2C1. The van der Waals surface area contributed by atoms with Gasteiger partial charge in [0.15, 0.2) is 0 Å². The molecule has 1 aromatic heterocycles. The molecule has 1 amide bonds. The second-order valence-electron chi connectivity index (χ2n) is 10.7. The first-order valence-corrected chi connectivity index (χ1v) is 13.1. The van der Waals surface area contributed by atoms with Crippen molar-refractivity contribution in [2.24, 2.45) is 5.92 Å². The number of nitrogens with zero attached hydrogens (tertiary/aromatic N) is 1. The fraction of sp³-hybridized carbons (Fsp3) is 0.419. The van der Waals surface area contributed by atoms with E-state index in [1.807, 2.05) is 25.1 Å². The van der Waals surface area contributed by atoms with Crippen LogP contribution in [0.4, 0.5) is 5.69 Å². The Hall–Kier alpha value is -2.98. The van der Waals surface area contributed by atoms with E-state index in [1.165, 1.54) is 16.7 Å². The summed E-state index contributed by atoms with van der Waals surface area (Å²) < 4.78 is 0. The van der Waals surface area contributed by atoms with Crippen molar-refractivity contribution in [1.29, 1.82) is 0 Å². The number of rotatable bonds is 5. The van der Waals surface area contributed by atoms with Crippen LogP contribution < -0.4 is 5.32 Å². The van der Waals surface area contributed by atoms with E-state index < -0.39 is 5.60 Å². The minimum atomic E-state index is -0.559. The summed E-state index contributed by atoms with van der Waals surface area (Å²) in [7, 11) is 0. The molecule has 2 aliphatic rings. The number of carbonyl (C=O) groups excluding carboxylic acids is 1. The fourth-order valence-electron chi connectivity index (χ4n) is 6.54. The van der Waals surface area contributed by atoms with Crippen molar-refractivity contribution in [3.05, 3.63) is 94.8 Å². The predicted octanol–water partition coefficient (Wildman–Crippen LogP) is 6.40. The third kappa shape index (κ3) is 4.64. The Labute approximate surface area is 208 Å². The van der Waals surface area contributed by atoms with Crippen molar-refractivity contribution in [3.8, 4) is 0 Å². The molecule has 1 saturated carbocycles. The molecule has 4 heteroatoms. The van der Waals surface area contributed by atoms with Crippen LogP contribution in [0, 0.1) is 12.8 Å². The van der Waals surface area contributed by atoms with Crippen LogP contribution in [-0.2, 0) is 18.3 Å². The fourth-order valence-corrected chi connectivity index (χ4v) is 6.54. The number of benzene rings is 2. The van der Waals surface area contributed by atoms with Crippen LogP contribution in [-0.4, -0.2) is 21.6 Å². The van der Waals surface area contributed by atoms with Gasteiger partial charge in [-0.2, -0.15) is 0 Å². The molecular weight excluding hydrogens is 432 g/mol. The molecule has 1 fully saturated rings. The standard InChI is InChI=1S/C31H36N2O2/c1-3-30(35)16-17-31(20-23-9-5-4-6-10-23)26(21-30)12-7-11-24-19-25(14-15-27(24)31)29(34)33-28-13-8-18-32-22(28)2/h4-6,8-10,13-15,18-19,26,35H,3,7,11-12,16-17,20-21H2,1-2H3,(H,33,34)/t26-,30-,31-/m1/s1. The van der Waals surface area contributed by atoms with Crippen LogP contribution >= 0.6 is 0 Å². The lowest BCUT2D eigenvalue weighted by Gasteiger charge is -2.50. The van der Waals surface area contributed by atoms with E-state index in [0.29, 0.717) is 11.5 Å². The molecule has 1 heterocycles. The van der Waals surface area contributed by atoms with E-state index in [4.69, 9.17) is 0 Å². The average molecular weight is 469 g/mol. The number of hydrogen-bond acceptors (Lipinski definition) is 3. The number of aliphatic hydroxyl groups is 1. The lowest BCUT2D eigenvalue weighted by Crippen LogP contribution is -2.48. The summed E-state index contributed by atoms with van der Waals surface area (Å²) >= 11 is 0. The lowest BCUT2D eigenvalue weighted by molar-refractivity contribution is -0.0497. The van der Waals surface area contributed by atoms with Gasteiger partial charge < -0.3 is 10.4 Å². The molecule has 0 radical (unpaired) electrons. The Kier molecular flexibility index (Phi) is 6.50. The van der Waals surface area contributed by atoms with Crippen molar-refractivity contribution < 1.29 is 9.90 Å². The Morgan fingerprint density at radius 1 is 1.11 bits per heavy atom. The average Bonchev–Trinajstić information content (AvgIpc) is 3.02. The van der Waals surface area contributed by atoms with Gasteiger partial charge in [-0.05, 0) is 105 Å². The molecule has 182 valence electrons. The Morgan fingerprint density at radius 2 is 1.94 bits per heavy atom. The van der Waals surface area contributed by atoms with Gasteiger partial charge in [-0.3, -0.25) is 9.78 Å². The summed E-state index contributed by atoms with van der Waals surface area (Å²) in [4.78, 5) is 17.4. The zero-order valence-electron chi connectivity index (χ0n) is 20.9. The summed E-state index contributed by atoms with van der Waals surface area (Å²) in [6.07, 6.45) is 9.36. The third-order valence-electron chi connectivity index (χ3n) is 8.62. The number of anilines is 1. The maximum absolute atomic E-state index is 13.1. The van der Waals surface area contributed by atoms with Crippen molar-refractivity contribution in [1.82, 2.24) is 4.98 Å². The van der Waals surface area contributed by atoms with Gasteiger partial charge in [-0.15, -0.1) is 0 Å². The molecule has 35 heavy (non-hydrogen) atoms. The largest absolute Gasteiger partial charge is 0.390 e. The topological polar surface area (TPSA) is 62.2 Å². The number of carbonyl (C=O) groups is 1. The molecular formula is C31H36N2O2. The monoisotopic (exact) mass is 468 g/mol. The van der Waals surface area contributed by atoms with Gasteiger partial charge in [-0.25, -0.2) is 0 Å². The first kappa shape index (κ1) is 23.7. The maximum atomic E-state index is 13.1. The molecule has 0 aliphatic heterocycles. The molecule has 4 nitrogen and oxygen atoms in total. The number of nitrogens with one attached hydrogen (secondary N) is 1. The smallest absolute Gasteiger partial charge is 0.255 e. The van der Waals surface area contributed by atoms with E-state index in [0.717, 1.165) is 62.7 Å². The maximum Gasteiger partial charge on any atom is 0.255 e. The molecule has 2 aliphatic carbocycles. The number of hydrogen-bond donors (Lipinski definition) is 2.